The summed E-state index contributed by atoms with van der Waals surface area (Å²) in [5, 5.41) is 28.5. The van der Waals surface area contributed by atoms with E-state index in [-0.39, 0.29) is 18.3 Å². The summed E-state index contributed by atoms with van der Waals surface area (Å²) >= 11 is 0. The van der Waals surface area contributed by atoms with Crippen molar-refractivity contribution in [2.24, 2.45) is 5.41 Å². The predicted octanol–water partition coefficient (Wildman–Crippen LogP) is 1.89. The largest absolute Gasteiger partial charge is 0.376 e. The average Bonchev–Trinajstić information content (AvgIpc) is 3.67. The molecule has 3 aromatic heterocycles. The van der Waals surface area contributed by atoms with E-state index in [4.69, 9.17) is 9.72 Å². The molecule has 0 amide bonds. The van der Waals surface area contributed by atoms with E-state index in [1.54, 1.807) is 0 Å². The van der Waals surface area contributed by atoms with Crippen molar-refractivity contribution in [3.63, 3.8) is 0 Å². The van der Waals surface area contributed by atoms with Gasteiger partial charge in [-0.25, -0.2) is 33.3 Å². The number of pyridine rings is 1. The van der Waals surface area contributed by atoms with Gasteiger partial charge in [-0.2, -0.15) is 0 Å². The number of hydrogen-bond acceptors (Lipinski definition) is 9. The van der Waals surface area contributed by atoms with Gasteiger partial charge in [0.1, 0.15) is 11.3 Å². The van der Waals surface area contributed by atoms with Gasteiger partial charge >= 0.3 is 6.10 Å². The second-order valence-corrected chi connectivity index (χ2v) is 10.2. The second kappa shape index (κ2) is 7.54. The maximum absolute atomic E-state index is 14.1. The Balaban J connectivity index is 1.37. The molecule has 1 saturated heterocycles. The molecular weight excluding hydrogens is 476 g/mol. The first-order valence-corrected chi connectivity index (χ1v) is 11.8. The Labute approximate surface area is 203 Å². The van der Waals surface area contributed by atoms with E-state index in [0.717, 1.165) is 12.3 Å². The fraction of sp³-hybridized carbons (Fsp3) is 0.542. The maximum Gasteiger partial charge on any atom is 0.376 e. The van der Waals surface area contributed by atoms with Crippen LogP contribution in [-0.4, -0.2) is 52.4 Å². The molecule has 0 bridgehead atoms. The highest BCUT2D eigenvalue weighted by Gasteiger charge is 2.84. The van der Waals surface area contributed by atoms with Crippen molar-refractivity contribution in [2.75, 3.05) is 6.61 Å². The number of aryl methyl sites for hydroxylation is 2. The Bertz CT molecular complexity index is 1460. The SMILES string of the molecule is Cc1nc2nc(C3CCOC(c4ccc(=O)n(C(O)(O)O)c4)C3)nc(C3CC34CC4(F)F)c2nc1C. The Morgan fingerprint density at radius 3 is 2.50 bits per heavy atom. The van der Waals surface area contributed by atoms with Gasteiger partial charge < -0.3 is 20.1 Å². The van der Waals surface area contributed by atoms with Crippen LogP contribution in [0.1, 0.15) is 72.1 Å². The number of aliphatic hydroxyl groups is 3. The summed E-state index contributed by atoms with van der Waals surface area (Å²) in [6, 6.07) is 2.60. The number of aromatic nitrogens is 5. The van der Waals surface area contributed by atoms with E-state index in [9.17, 15) is 28.9 Å². The molecule has 12 heteroatoms. The van der Waals surface area contributed by atoms with Crippen LogP contribution in [0.25, 0.3) is 11.2 Å². The van der Waals surface area contributed by atoms with E-state index >= 15 is 0 Å². The quantitative estimate of drug-likeness (QED) is 0.457. The topological polar surface area (TPSA) is 143 Å². The summed E-state index contributed by atoms with van der Waals surface area (Å²) in [5.74, 6) is -2.80. The van der Waals surface area contributed by atoms with Gasteiger partial charge in [0.15, 0.2) is 5.65 Å². The monoisotopic (exact) mass is 501 g/mol. The van der Waals surface area contributed by atoms with Gasteiger partial charge in [-0.15, -0.1) is 0 Å². The molecule has 4 unspecified atom stereocenters. The average molecular weight is 501 g/mol. The van der Waals surface area contributed by atoms with E-state index in [0.29, 0.717) is 70.1 Å². The highest BCUT2D eigenvalue weighted by atomic mass is 19.3. The van der Waals surface area contributed by atoms with Gasteiger partial charge in [0.2, 0.25) is 0 Å². The maximum atomic E-state index is 14.1. The van der Waals surface area contributed by atoms with E-state index < -0.39 is 29.1 Å². The molecule has 1 spiro atoms. The van der Waals surface area contributed by atoms with Crippen LogP contribution >= 0.6 is 0 Å². The van der Waals surface area contributed by atoms with Gasteiger partial charge in [-0.1, -0.05) is 0 Å². The van der Waals surface area contributed by atoms with Crippen LogP contribution in [0.15, 0.2) is 23.1 Å². The molecule has 3 fully saturated rings. The highest BCUT2D eigenvalue weighted by Crippen LogP contribution is 2.82. The summed E-state index contributed by atoms with van der Waals surface area (Å²) < 4.78 is 34.5. The van der Waals surface area contributed by atoms with Gasteiger partial charge in [0, 0.05) is 42.5 Å². The summed E-state index contributed by atoms with van der Waals surface area (Å²) in [6.07, 6.45) is -1.58. The van der Waals surface area contributed by atoms with Crippen molar-refractivity contribution in [3.8, 4) is 0 Å². The van der Waals surface area contributed by atoms with E-state index in [1.165, 1.54) is 6.07 Å². The number of fused-ring (bicyclic) bond motifs is 1. The molecule has 3 N–H and O–H groups in total. The van der Waals surface area contributed by atoms with Crippen LogP contribution in [0.2, 0.25) is 0 Å². The summed E-state index contributed by atoms with van der Waals surface area (Å²) in [4.78, 5) is 30.6. The van der Waals surface area contributed by atoms with Crippen molar-refractivity contribution in [3.05, 3.63) is 57.2 Å². The van der Waals surface area contributed by atoms with Crippen LogP contribution in [0.4, 0.5) is 8.78 Å². The lowest BCUT2D eigenvalue weighted by Gasteiger charge is -2.30. The van der Waals surface area contributed by atoms with Crippen LogP contribution in [0.5, 0.6) is 0 Å². The number of alkyl halides is 2. The lowest BCUT2D eigenvalue weighted by atomic mass is 9.91. The number of halogens is 2. The third-order valence-corrected chi connectivity index (χ3v) is 7.81. The molecule has 3 aliphatic rings. The number of ether oxygens (including phenoxy) is 1. The van der Waals surface area contributed by atoms with E-state index in [2.05, 4.69) is 15.0 Å². The molecule has 2 aliphatic carbocycles. The zero-order valence-electron chi connectivity index (χ0n) is 19.6. The van der Waals surface area contributed by atoms with Gasteiger partial charge in [0.25, 0.3) is 11.5 Å². The molecule has 0 radical (unpaired) electrons. The van der Waals surface area contributed by atoms with Crippen LogP contribution in [-0.2, 0) is 10.8 Å². The van der Waals surface area contributed by atoms with Gasteiger partial charge in [-0.3, -0.25) is 4.79 Å². The fourth-order valence-electron chi connectivity index (χ4n) is 5.38. The highest BCUT2D eigenvalue weighted by molar-refractivity contribution is 5.75. The second-order valence-electron chi connectivity index (χ2n) is 10.2. The number of rotatable bonds is 4. The predicted molar refractivity (Wildman–Crippen MR) is 120 cm³/mol. The smallest absolute Gasteiger partial charge is 0.373 e. The first kappa shape index (κ1) is 23.5. The lowest BCUT2D eigenvalue weighted by molar-refractivity contribution is -0.377. The number of nitrogens with zero attached hydrogens (tertiary/aromatic N) is 5. The normalized spacial score (nSPS) is 29.0. The first-order chi connectivity index (χ1) is 16.9. The summed E-state index contributed by atoms with van der Waals surface area (Å²) in [6.45, 7) is 3.97. The molecule has 1 aliphatic heterocycles. The summed E-state index contributed by atoms with van der Waals surface area (Å²) in [5.41, 5.74) is 1.39. The van der Waals surface area contributed by atoms with Crippen molar-refractivity contribution in [1.82, 2.24) is 24.5 Å². The van der Waals surface area contributed by atoms with Crippen molar-refractivity contribution in [1.29, 1.82) is 0 Å². The molecule has 4 heterocycles. The minimum atomic E-state index is -3.35. The minimum absolute atomic E-state index is 0.138. The molecule has 190 valence electrons. The Hall–Kier alpha value is -2.93. The Kier molecular flexibility index (Phi) is 4.92. The van der Waals surface area contributed by atoms with Gasteiger partial charge in [0.05, 0.1) is 23.2 Å². The van der Waals surface area contributed by atoms with Crippen molar-refractivity contribution < 1.29 is 28.8 Å². The third kappa shape index (κ3) is 3.62. The molecule has 6 rings (SSSR count). The molecule has 36 heavy (non-hydrogen) atoms. The van der Waals surface area contributed by atoms with Crippen LogP contribution in [0.3, 0.4) is 0 Å². The Morgan fingerprint density at radius 2 is 1.83 bits per heavy atom. The molecule has 2 saturated carbocycles. The van der Waals surface area contributed by atoms with Gasteiger partial charge in [-0.05, 0) is 44.7 Å². The Morgan fingerprint density at radius 1 is 1.11 bits per heavy atom. The molecular formula is C24H25F2N5O5. The molecule has 4 atom stereocenters. The van der Waals surface area contributed by atoms with Crippen molar-refractivity contribution >= 4 is 11.2 Å². The third-order valence-electron chi connectivity index (χ3n) is 7.81. The lowest BCUT2D eigenvalue weighted by Crippen LogP contribution is -2.40. The molecule has 0 aromatic carbocycles. The summed E-state index contributed by atoms with van der Waals surface area (Å²) in [7, 11) is 0. The standard InChI is InChI=1S/C24H25F2N5O5/c1-11-12(2)28-21-19(27-11)18(15-8-22(15)10-23(22,25)26)29-20(30-21)13-5-6-36-16(7-13)14-3-4-17(32)31(9-14)24(33,34)35/h3-4,9,13,15-16,33-35H,5-8,10H2,1-2H3. The zero-order valence-corrected chi connectivity index (χ0v) is 19.6. The first-order valence-electron chi connectivity index (χ1n) is 11.8. The van der Waals surface area contributed by atoms with Crippen molar-refractivity contribution in [2.45, 2.75) is 69.5 Å². The van der Waals surface area contributed by atoms with Crippen LogP contribution < -0.4 is 5.56 Å². The zero-order chi connectivity index (χ0) is 25.6. The number of hydrogen-bond donors (Lipinski definition) is 3. The minimum Gasteiger partial charge on any atom is -0.373 e. The fourth-order valence-corrected chi connectivity index (χ4v) is 5.38. The molecule has 3 aromatic rings. The van der Waals surface area contributed by atoms with Crippen LogP contribution in [0, 0.1) is 19.3 Å². The van der Waals surface area contributed by atoms with E-state index in [1.807, 2.05) is 13.8 Å². The molecule has 10 nitrogen and oxygen atoms in total.